The second-order valence-electron chi connectivity index (χ2n) is 3.45. The van der Waals surface area contributed by atoms with Gasteiger partial charge in [-0.15, -0.1) is 0 Å². The van der Waals surface area contributed by atoms with Crippen molar-refractivity contribution in [2.45, 2.75) is 31.7 Å². The van der Waals surface area contributed by atoms with E-state index < -0.39 is 22.0 Å². The van der Waals surface area contributed by atoms with Gasteiger partial charge < -0.3 is 4.74 Å². The Morgan fingerprint density at radius 1 is 1.65 bits per heavy atom. The highest BCUT2D eigenvalue weighted by molar-refractivity contribution is 7.89. The van der Waals surface area contributed by atoms with Gasteiger partial charge in [-0.05, 0) is 20.8 Å². The third-order valence-electron chi connectivity index (χ3n) is 2.05. The summed E-state index contributed by atoms with van der Waals surface area (Å²) in [5.74, 6) is -0.614. The summed E-state index contributed by atoms with van der Waals surface area (Å²) in [5, 5.41) is 6.13. The molecule has 0 spiro atoms. The normalized spacial score (nSPS) is 13.4. The summed E-state index contributed by atoms with van der Waals surface area (Å²) in [6.45, 7) is 4.86. The maximum atomic E-state index is 11.9. The van der Waals surface area contributed by atoms with Crippen LogP contribution in [0.25, 0.3) is 0 Å². The van der Waals surface area contributed by atoms with E-state index in [-0.39, 0.29) is 11.5 Å². The average molecular weight is 261 g/mol. The van der Waals surface area contributed by atoms with Crippen LogP contribution in [-0.4, -0.2) is 37.2 Å². The van der Waals surface area contributed by atoms with Gasteiger partial charge in [-0.2, -0.15) is 9.82 Å². The number of carbonyl (C=O) groups excluding carboxylic acids is 1. The molecule has 17 heavy (non-hydrogen) atoms. The fraction of sp³-hybridized carbons (Fsp3) is 0.556. The van der Waals surface area contributed by atoms with Crippen molar-refractivity contribution >= 4 is 16.0 Å². The largest absolute Gasteiger partial charge is 0.465 e. The number of aromatic nitrogens is 2. The van der Waals surface area contributed by atoms with Crippen molar-refractivity contribution in [3.63, 3.8) is 0 Å². The number of sulfonamides is 1. The molecule has 1 aromatic heterocycles. The molecule has 0 radical (unpaired) electrons. The Hall–Kier alpha value is -1.41. The maximum absolute atomic E-state index is 11.9. The summed E-state index contributed by atoms with van der Waals surface area (Å²) in [6.07, 6.45) is 1.19. The fourth-order valence-electron chi connectivity index (χ4n) is 1.22. The van der Waals surface area contributed by atoms with E-state index in [1.165, 1.54) is 13.1 Å². The Balaban J connectivity index is 2.81. The number of aryl methyl sites for hydroxylation is 1. The molecule has 8 heteroatoms. The van der Waals surface area contributed by atoms with Crippen LogP contribution in [0.3, 0.4) is 0 Å². The molecule has 96 valence electrons. The molecule has 1 heterocycles. The molecule has 2 N–H and O–H groups in total. The number of nitrogens with zero attached hydrogens (tertiary/aromatic N) is 1. The van der Waals surface area contributed by atoms with Crippen molar-refractivity contribution in [3.05, 3.63) is 11.9 Å². The number of nitrogens with one attached hydrogen (secondary N) is 2. The van der Waals surface area contributed by atoms with Crippen LogP contribution in [0.1, 0.15) is 19.5 Å². The van der Waals surface area contributed by atoms with Crippen LogP contribution in [0.5, 0.6) is 0 Å². The van der Waals surface area contributed by atoms with Crippen molar-refractivity contribution in [1.29, 1.82) is 0 Å². The summed E-state index contributed by atoms with van der Waals surface area (Å²) >= 11 is 0. The van der Waals surface area contributed by atoms with Gasteiger partial charge in [0.05, 0.1) is 18.5 Å². The standard InChI is InChI=1S/C9H15N3O4S/c1-4-16-9(13)7(3)12-17(14,15)8-5-10-11-6(8)2/h5,7,12H,4H2,1-3H3,(H,10,11). The SMILES string of the molecule is CCOC(=O)C(C)NS(=O)(=O)c1cn[nH]c1C. The predicted molar refractivity (Wildman–Crippen MR) is 59.7 cm³/mol. The van der Waals surface area contributed by atoms with Gasteiger partial charge >= 0.3 is 5.97 Å². The number of hydrogen-bond donors (Lipinski definition) is 2. The Kier molecular flexibility index (Phi) is 4.24. The van der Waals surface area contributed by atoms with Crippen molar-refractivity contribution in [2.24, 2.45) is 0 Å². The number of carbonyl (C=O) groups is 1. The van der Waals surface area contributed by atoms with E-state index in [0.29, 0.717) is 5.69 Å². The van der Waals surface area contributed by atoms with Gasteiger partial charge in [-0.3, -0.25) is 9.89 Å². The van der Waals surface area contributed by atoms with Crippen molar-refractivity contribution in [3.8, 4) is 0 Å². The Labute approximate surface area is 99.6 Å². The third kappa shape index (κ3) is 3.27. The zero-order valence-electron chi connectivity index (χ0n) is 9.85. The summed E-state index contributed by atoms with van der Waals surface area (Å²) < 4.78 is 30.6. The van der Waals surface area contributed by atoms with Crippen molar-refractivity contribution in [1.82, 2.24) is 14.9 Å². The lowest BCUT2D eigenvalue weighted by Crippen LogP contribution is -2.39. The molecule has 0 bridgehead atoms. The van der Waals surface area contributed by atoms with Crippen molar-refractivity contribution in [2.75, 3.05) is 6.61 Å². The minimum atomic E-state index is -3.75. The van der Waals surface area contributed by atoms with Crippen LogP contribution in [0.2, 0.25) is 0 Å². The van der Waals surface area contributed by atoms with E-state index in [9.17, 15) is 13.2 Å². The number of hydrogen-bond acceptors (Lipinski definition) is 5. The number of ether oxygens (including phenoxy) is 1. The second kappa shape index (κ2) is 5.28. The van der Waals surface area contributed by atoms with Crippen molar-refractivity contribution < 1.29 is 17.9 Å². The summed E-state index contributed by atoms with van der Waals surface area (Å²) in [5.41, 5.74) is 0.411. The fourth-order valence-corrected chi connectivity index (χ4v) is 2.55. The van der Waals surface area contributed by atoms with Gasteiger partial charge in [-0.1, -0.05) is 0 Å². The Morgan fingerprint density at radius 2 is 2.29 bits per heavy atom. The molecule has 1 rings (SSSR count). The quantitative estimate of drug-likeness (QED) is 0.723. The third-order valence-corrected chi connectivity index (χ3v) is 3.70. The number of rotatable bonds is 5. The molecule has 0 saturated carbocycles. The molecular weight excluding hydrogens is 246 g/mol. The first-order valence-electron chi connectivity index (χ1n) is 5.07. The molecule has 0 amide bonds. The maximum Gasteiger partial charge on any atom is 0.323 e. The molecule has 0 aliphatic heterocycles. The van der Waals surface area contributed by atoms with Crippen LogP contribution in [0.4, 0.5) is 0 Å². The van der Waals surface area contributed by atoms with Gasteiger partial charge in [0, 0.05) is 0 Å². The number of aromatic amines is 1. The molecule has 0 aliphatic rings. The monoisotopic (exact) mass is 261 g/mol. The predicted octanol–water partition coefficient (Wildman–Crippen LogP) is -0.0520. The van der Waals surface area contributed by atoms with Gasteiger partial charge in [0.1, 0.15) is 10.9 Å². The van der Waals surface area contributed by atoms with Crippen LogP contribution < -0.4 is 4.72 Å². The summed E-state index contributed by atoms with van der Waals surface area (Å²) in [6, 6.07) is -0.936. The first-order valence-corrected chi connectivity index (χ1v) is 6.55. The summed E-state index contributed by atoms with van der Waals surface area (Å²) in [4.78, 5) is 11.3. The van der Waals surface area contributed by atoms with E-state index in [1.54, 1.807) is 13.8 Å². The van der Waals surface area contributed by atoms with E-state index in [2.05, 4.69) is 14.9 Å². The van der Waals surface area contributed by atoms with Gasteiger partial charge in [0.15, 0.2) is 0 Å². The topological polar surface area (TPSA) is 101 Å². The highest BCUT2D eigenvalue weighted by Gasteiger charge is 2.25. The van der Waals surface area contributed by atoms with E-state index in [4.69, 9.17) is 4.74 Å². The highest BCUT2D eigenvalue weighted by Crippen LogP contribution is 2.11. The van der Waals surface area contributed by atoms with Crippen LogP contribution in [0, 0.1) is 6.92 Å². The molecule has 0 fully saturated rings. The highest BCUT2D eigenvalue weighted by atomic mass is 32.2. The molecule has 0 aromatic carbocycles. The molecule has 1 atom stereocenters. The Bertz CT molecular complexity index is 494. The summed E-state index contributed by atoms with van der Waals surface area (Å²) in [7, 11) is -3.75. The molecular formula is C9H15N3O4S. The van der Waals surface area contributed by atoms with E-state index in [0.717, 1.165) is 0 Å². The molecule has 0 aliphatic carbocycles. The lowest BCUT2D eigenvalue weighted by Gasteiger charge is -2.12. The lowest BCUT2D eigenvalue weighted by atomic mass is 10.4. The molecule has 0 saturated heterocycles. The van der Waals surface area contributed by atoms with Gasteiger partial charge in [0.2, 0.25) is 10.0 Å². The molecule has 1 unspecified atom stereocenters. The van der Waals surface area contributed by atoms with Gasteiger partial charge in [0.25, 0.3) is 0 Å². The zero-order valence-corrected chi connectivity index (χ0v) is 10.7. The second-order valence-corrected chi connectivity index (χ2v) is 5.14. The van der Waals surface area contributed by atoms with Gasteiger partial charge in [-0.25, -0.2) is 8.42 Å². The van der Waals surface area contributed by atoms with Crippen LogP contribution >= 0.6 is 0 Å². The average Bonchev–Trinajstić information content (AvgIpc) is 2.64. The zero-order chi connectivity index (χ0) is 13.1. The van der Waals surface area contributed by atoms with Crippen LogP contribution in [-0.2, 0) is 19.6 Å². The minimum absolute atomic E-state index is 0.0219. The first kappa shape index (κ1) is 13.7. The van der Waals surface area contributed by atoms with E-state index >= 15 is 0 Å². The van der Waals surface area contributed by atoms with E-state index in [1.807, 2.05) is 0 Å². The van der Waals surface area contributed by atoms with Crippen LogP contribution in [0.15, 0.2) is 11.1 Å². The Morgan fingerprint density at radius 3 is 2.76 bits per heavy atom. The smallest absolute Gasteiger partial charge is 0.323 e. The first-order chi connectivity index (χ1) is 7.88. The number of H-pyrrole nitrogens is 1. The minimum Gasteiger partial charge on any atom is -0.465 e. The molecule has 7 nitrogen and oxygen atoms in total. The number of esters is 1. The lowest BCUT2D eigenvalue weighted by molar-refractivity contribution is -0.144. The molecule has 1 aromatic rings.